The molecule has 1 aromatic rings. The highest BCUT2D eigenvalue weighted by molar-refractivity contribution is 7.18. The van der Waals surface area contributed by atoms with Gasteiger partial charge in [0.1, 0.15) is 6.61 Å². The van der Waals surface area contributed by atoms with Gasteiger partial charge in [-0.3, -0.25) is 9.59 Å². The zero-order valence-corrected chi connectivity index (χ0v) is 11.0. The molecule has 17 heavy (non-hydrogen) atoms. The van der Waals surface area contributed by atoms with E-state index in [9.17, 15) is 9.59 Å². The van der Waals surface area contributed by atoms with Crippen LogP contribution in [0.3, 0.4) is 0 Å². The Morgan fingerprint density at radius 1 is 1.41 bits per heavy atom. The lowest BCUT2D eigenvalue weighted by atomic mass is 10.2. The Morgan fingerprint density at radius 3 is 2.76 bits per heavy atom. The summed E-state index contributed by atoms with van der Waals surface area (Å²) in [7, 11) is 0. The molecule has 0 saturated heterocycles. The molecule has 0 amide bonds. The topological polar surface area (TPSA) is 43.4 Å². The van der Waals surface area contributed by atoms with Crippen molar-refractivity contribution in [2.24, 2.45) is 0 Å². The monoisotopic (exact) mass is 272 g/mol. The Labute approximate surface area is 109 Å². The average molecular weight is 273 g/mol. The lowest BCUT2D eigenvalue weighted by Gasteiger charge is -2.00. The van der Waals surface area contributed by atoms with Crippen LogP contribution >= 0.6 is 22.9 Å². The number of Topliss-reactive ketones (excluding diaryl/α,β-unsaturated/α-hetero) is 1. The van der Waals surface area contributed by atoms with E-state index in [0.717, 1.165) is 0 Å². The van der Waals surface area contributed by atoms with Crippen molar-refractivity contribution in [3.63, 3.8) is 0 Å². The molecule has 1 heterocycles. The Balaban J connectivity index is 2.31. The molecular weight excluding hydrogens is 260 g/mol. The standard InChI is InChI=1S/C12H13ClO3S/c1-2-3-8-16-12(15)7-4-9(14)10-5-6-11(13)17-10/h2-3,5-6H,4,7-8H2,1H3/b3-2+. The molecule has 0 aliphatic rings. The lowest BCUT2D eigenvalue weighted by molar-refractivity contribution is -0.142. The van der Waals surface area contributed by atoms with E-state index in [4.69, 9.17) is 16.3 Å². The third kappa shape index (κ3) is 5.15. The van der Waals surface area contributed by atoms with Gasteiger partial charge in [0.05, 0.1) is 15.6 Å². The van der Waals surface area contributed by atoms with Gasteiger partial charge in [0, 0.05) is 6.42 Å². The van der Waals surface area contributed by atoms with Crippen LogP contribution in [-0.4, -0.2) is 18.4 Å². The van der Waals surface area contributed by atoms with Crippen LogP contribution in [0.15, 0.2) is 24.3 Å². The molecule has 0 radical (unpaired) electrons. The van der Waals surface area contributed by atoms with E-state index in [0.29, 0.717) is 9.21 Å². The van der Waals surface area contributed by atoms with Crippen molar-refractivity contribution in [2.75, 3.05) is 6.61 Å². The molecular formula is C12H13ClO3S. The van der Waals surface area contributed by atoms with Gasteiger partial charge in [0.2, 0.25) is 0 Å². The van der Waals surface area contributed by atoms with Gasteiger partial charge < -0.3 is 4.74 Å². The van der Waals surface area contributed by atoms with Crippen LogP contribution in [0.1, 0.15) is 29.4 Å². The minimum absolute atomic E-state index is 0.0788. The van der Waals surface area contributed by atoms with Gasteiger partial charge in [-0.2, -0.15) is 0 Å². The highest BCUT2D eigenvalue weighted by Crippen LogP contribution is 2.22. The molecule has 0 atom stereocenters. The number of ketones is 1. The molecule has 0 spiro atoms. The Hall–Kier alpha value is -1.13. The first-order valence-corrected chi connectivity index (χ1v) is 6.38. The Morgan fingerprint density at radius 2 is 2.18 bits per heavy atom. The largest absolute Gasteiger partial charge is 0.461 e. The molecule has 0 aromatic carbocycles. The maximum atomic E-state index is 11.6. The first-order chi connectivity index (χ1) is 8.13. The summed E-state index contributed by atoms with van der Waals surface area (Å²) in [5.41, 5.74) is 0. The van der Waals surface area contributed by atoms with Crippen LogP contribution in [0.2, 0.25) is 4.34 Å². The third-order valence-corrected chi connectivity index (χ3v) is 3.25. The van der Waals surface area contributed by atoms with Crippen molar-refractivity contribution in [2.45, 2.75) is 19.8 Å². The summed E-state index contributed by atoms with van der Waals surface area (Å²) in [6.07, 6.45) is 3.79. The maximum Gasteiger partial charge on any atom is 0.306 e. The molecule has 1 aromatic heterocycles. The summed E-state index contributed by atoms with van der Waals surface area (Å²) in [6, 6.07) is 3.34. The number of hydrogen-bond acceptors (Lipinski definition) is 4. The first-order valence-electron chi connectivity index (χ1n) is 5.19. The Kier molecular flexibility index (Phi) is 5.94. The molecule has 0 fully saturated rings. The van der Waals surface area contributed by atoms with Gasteiger partial charge in [-0.1, -0.05) is 23.8 Å². The summed E-state index contributed by atoms with van der Waals surface area (Å²) in [4.78, 5) is 23.4. The van der Waals surface area contributed by atoms with Gasteiger partial charge in [-0.05, 0) is 19.1 Å². The van der Waals surface area contributed by atoms with E-state index in [2.05, 4.69) is 0 Å². The molecule has 3 nitrogen and oxygen atoms in total. The highest BCUT2D eigenvalue weighted by Gasteiger charge is 2.11. The molecule has 0 bridgehead atoms. The summed E-state index contributed by atoms with van der Waals surface area (Å²) in [6.45, 7) is 2.10. The molecule has 0 saturated carbocycles. The van der Waals surface area contributed by atoms with Crippen molar-refractivity contribution in [3.05, 3.63) is 33.5 Å². The molecule has 0 aliphatic carbocycles. The molecule has 92 valence electrons. The highest BCUT2D eigenvalue weighted by atomic mass is 35.5. The number of thiophene rings is 1. The first kappa shape index (κ1) is 13.9. The SMILES string of the molecule is C/C=C/COC(=O)CCC(=O)c1ccc(Cl)s1. The second-order valence-electron chi connectivity index (χ2n) is 3.28. The van der Waals surface area contributed by atoms with Crippen molar-refractivity contribution in [3.8, 4) is 0 Å². The fraction of sp³-hybridized carbons (Fsp3) is 0.333. The minimum atomic E-state index is -0.362. The summed E-state index contributed by atoms with van der Waals surface area (Å²) >= 11 is 6.94. The van der Waals surface area contributed by atoms with E-state index >= 15 is 0 Å². The number of carbonyl (C=O) groups excluding carboxylic acids is 2. The molecule has 0 unspecified atom stereocenters. The predicted molar refractivity (Wildman–Crippen MR) is 68.7 cm³/mol. The fourth-order valence-electron chi connectivity index (χ4n) is 1.11. The van der Waals surface area contributed by atoms with Gasteiger partial charge in [0.25, 0.3) is 0 Å². The number of carbonyl (C=O) groups is 2. The van der Waals surface area contributed by atoms with E-state index in [1.54, 1.807) is 24.3 Å². The van der Waals surface area contributed by atoms with E-state index < -0.39 is 0 Å². The van der Waals surface area contributed by atoms with Crippen LogP contribution in [0.25, 0.3) is 0 Å². The number of hydrogen-bond donors (Lipinski definition) is 0. The van der Waals surface area contributed by atoms with E-state index in [-0.39, 0.29) is 31.2 Å². The zero-order valence-electron chi connectivity index (χ0n) is 9.44. The molecule has 5 heteroatoms. The van der Waals surface area contributed by atoms with Gasteiger partial charge in [-0.15, -0.1) is 11.3 Å². The normalized spacial score (nSPS) is 10.7. The molecule has 0 N–H and O–H groups in total. The summed E-state index contributed by atoms with van der Waals surface area (Å²) in [5.74, 6) is -0.441. The smallest absolute Gasteiger partial charge is 0.306 e. The second kappa shape index (κ2) is 7.25. The maximum absolute atomic E-state index is 11.6. The van der Waals surface area contributed by atoms with Gasteiger partial charge >= 0.3 is 5.97 Å². The summed E-state index contributed by atoms with van der Waals surface area (Å²) in [5, 5.41) is 0. The van der Waals surface area contributed by atoms with E-state index in [1.807, 2.05) is 6.92 Å². The quantitative estimate of drug-likeness (QED) is 0.452. The van der Waals surface area contributed by atoms with Crippen LogP contribution in [0.4, 0.5) is 0 Å². The minimum Gasteiger partial charge on any atom is -0.461 e. The zero-order chi connectivity index (χ0) is 12.7. The van der Waals surface area contributed by atoms with Crippen molar-refractivity contribution in [1.29, 1.82) is 0 Å². The summed E-state index contributed by atoms with van der Waals surface area (Å²) < 4.78 is 5.45. The van der Waals surface area contributed by atoms with Crippen molar-refractivity contribution >= 4 is 34.7 Å². The molecule has 1 rings (SSSR count). The number of esters is 1. The van der Waals surface area contributed by atoms with Gasteiger partial charge in [-0.25, -0.2) is 0 Å². The Bertz CT molecular complexity index is 423. The van der Waals surface area contributed by atoms with Crippen molar-refractivity contribution in [1.82, 2.24) is 0 Å². The van der Waals surface area contributed by atoms with Gasteiger partial charge in [0.15, 0.2) is 5.78 Å². The molecule has 0 aliphatic heterocycles. The predicted octanol–water partition coefficient (Wildman–Crippen LogP) is 3.48. The number of ether oxygens (including phenoxy) is 1. The van der Waals surface area contributed by atoms with Crippen LogP contribution in [0, 0.1) is 0 Å². The van der Waals surface area contributed by atoms with Crippen LogP contribution in [0.5, 0.6) is 0 Å². The number of halogens is 1. The number of allylic oxidation sites excluding steroid dienone is 1. The van der Waals surface area contributed by atoms with Crippen LogP contribution in [-0.2, 0) is 9.53 Å². The van der Waals surface area contributed by atoms with Crippen molar-refractivity contribution < 1.29 is 14.3 Å². The number of rotatable bonds is 6. The fourth-order valence-corrected chi connectivity index (χ4v) is 2.12. The van der Waals surface area contributed by atoms with Crippen LogP contribution < -0.4 is 0 Å². The average Bonchev–Trinajstić information content (AvgIpc) is 2.73. The second-order valence-corrected chi connectivity index (χ2v) is 4.99. The van der Waals surface area contributed by atoms with E-state index in [1.165, 1.54) is 11.3 Å². The lowest BCUT2D eigenvalue weighted by Crippen LogP contribution is -2.07. The third-order valence-electron chi connectivity index (χ3n) is 1.98.